The van der Waals surface area contributed by atoms with Crippen molar-refractivity contribution in [3.63, 3.8) is 0 Å². The molecule has 1 fully saturated rings. The van der Waals surface area contributed by atoms with Crippen molar-refractivity contribution in [2.75, 3.05) is 37.7 Å². The van der Waals surface area contributed by atoms with Crippen molar-refractivity contribution < 1.29 is 13.9 Å². The minimum atomic E-state index is -0.522. The van der Waals surface area contributed by atoms with E-state index in [1.807, 2.05) is 11.0 Å². The fraction of sp³-hybridized carbons (Fsp3) is 0.316. The largest absolute Gasteiger partial charge is 0.394 e. The highest BCUT2D eigenvalue weighted by Gasteiger charge is 2.25. The molecule has 0 aromatic heterocycles. The molecule has 1 heterocycles. The first-order valence-corrected chi connectivity index (χ1v) is 9.07. The number of rotatable bonds is 4. The molecule has 1 saturated heterocycles. The second-order valence-corrected chi connectivity index (χ2v) is 7.03. The Hall–Kier alpha value is -2.01. The number of piperazine rings is 1. The third-order valence-electron chi connectivity index (χ3n) is 4.69. The highest BCUT2D eigenvalue weighted by molar-refractivity contribution is 9.10. The quantitative estimate of drug-likeness (QED) is 0.820. The molecule has 1 atom stereocenters. The van der Waals surface area contributed by atoms with Gasteiger partial charge >= 0.3 is 0 Å². The molecule has 2 aromatic carbocycles. The molecule has 7 heteroatoms. The number of halogens is 3. The van der Waals surface area contributed by atoms with Gasteiger partial charge in [-0.15, -0.1) is 0 Å². The minimum Gasteiger partial charge on any atom is -0.394 e. The van der Waals surface area contributed by atoms with E-state index >= 15 is 0 Å². The van der Waals surface area contributed by atoms with E-state index in [4.69, 9.17) is 5.26 Å². The Morgan fingerprint density at radius 3 is 2.38 bits per heavy atom. The molecular weight excluding hydrogens is 404 g/mol. The van der Waals surface area contributed by atoms with Crippen molar-refractivity contribution in [2.45, 2.75) is 6.04 Å². The lowest BCUT2D eigenvalue weighted by Crippen LogP contribution is -2.48. The normalized spacial score (nSPS) is 16.3. The first kappa shape index (κ1) is 18.8. The summed E-state index contributed by atoms with van der Waals surface area (Å²) >= 11 is 3.14. The average molecular weight is 422 g/mol. The summed E-state index contributed by atoms with van der Waals surface area (Å²) in [6.45, 7) is 2.52. The van der Waals surface area contributed by atoms with Crippen molar-refractivity contribution in [1.82, 2.24) is 4.90 Å². The summed E-state index contributed by atoms with van der Waals surface area (Å²) in [5.41, 5.74) is 1.49. The predicted molar refractivity (Wildman–Crippen MR) is 98.8 cm³/mol. The number of benzene rings is 2. The van der Waals surface area contributed by atoms with Crippen LogP contribution in [0.1, 0.15) is 17.2 Å². The van der Waals surface area contributed by atoms with Gasteiger partial charge in [-0.1, -0.05) is 6.07 Å². The highest BCUT2D eigenvalue weighted by atomic mass is 79.9. The van der Waals surface area contributed by atoms with Crippen molar-refractivity contribution in [3.8, 4) is 6.07 Å². The number of hydrogen-bond acceptors (Lipinski definition) is 4. The van der Waals surface area contributed by atoms with Gasteiger partial charge in [-0.2, -0.15) is 5.26 Å². The average Bonchev–Trinajstić information content (AvgIpc) is 2.65. The van der Waals surface area contributed by atoms with E-state index in [2.05, 4.69) is 20.8 Å². The first-order valence-electron chi connectivity index (χ1n) is 8.28. The molecule has 0 spiro atoms. The standard InChI is InChI=1S/C19H18BrF2N3O/c20-16-4-2-13(9-18(16)22)19(12-26)25-7-5-24(6-8-25)15-3-1-14(11-23)17(21)10-15/h1-4,9-10,19,26H,5-8,12H2. The molecule has 4 nitrogen and oxygen atoms in total. The lowest BCUT2D eigenvalue weighted by molar-refractivity contribution is 0.117. The Morgan fingerprint density at radius 1 is 1.08 bits per heavy atom. The molecule has 0 aliphatic carbocycles. The topological polar surface area (TPSA) is 50.5 Å². The van der Waals surface area contributed by atoms with Crippen LogP contribution in [0.25, 0.3) is 0 Å². The molecule has 0 amide bonds. The fourth-order valence-corrected chi connectivity index (χ4v) is 3.48. The maximum absolute atomic E-state index is 13.8. The van der Waals surface area contributed by atoms with Crippen LogP contribution in [0, 0.1) is 23.0 Å². The zero-order valence-electron chi connectivity index (χ0n) is 14.0. The van der Waals surface area contributed by atoms with Crippen LogP contribution >= 0.6 is 15.9 Å². The third kappa shape index (κ3) is 3.88. The number of nitriles is 1. The van der Waals surface area contributed by atoms with Crippen LogP contribution in [0.3, 0.4) is 0 Å². The predicted octanol–water partition coefficient (Wildman–Crippen LogP) is 3.45. The smallest absolute Gasteiger partial charge is 0.143 e. The zero-order valence-corrected chi connectivity index (χ0v) is 15.6. The summed E-state index contributed by atoms with van der Waals surface area (Å²) in [6.07, 6.45) is 0. The van der Waals surface area contributed by atoms with Gasteiger partial charge in [0.2, 0.25) is 0 Å². The molecule has 0 saturated carbocycles. The Balaban J connectivity index is 1.69. The summed E-state index contributed by atoms with van der Waals surface area (Å²) in [5.74, 6) is -0.876. The van der Waals surface area contributed by atoms with E-state index in [9.17, 15) is 13.9 Å². The van der Waals surface area contributed by atoms with Crippen molar-refractivity contribution >= 4 is 21.6 Å². The first-order chi connectivity index (χ1) is 12.5. The lowest BCUT2D eigenvalue weighted by Gasteiger charge is -2.40. The van der Waals surface area contributed by atoms with Crippen LogP contribution in [0.4, 0.5) is 14.5 Å². The fourth-order valence-electron chi connectivity index (χ4n) is 3.23. The van der Waals surface area contributed by atoms with Crippen molar-refractivity contribution in [1.29, 1.82) is 5.26 Å². The van der Waals surface area contributed by atoms with Crippen molar-refractivity contribution in [2.24, 2.45) is 0 Å². The van der Waals surface area contributed by atoms with Crippen LogP contribution in [0.15, 0.2) is 40.9 Å². The second kappa shape index (κ2) is 8.12. The number of aliphatic hydroxyl groups excluding tert-OH is 1. The molecule has 3 rings (SSSR count). The van der Waals surface area contributed by atoms with Gasteiger partial charge in [-0.05, 0) is 51.8 Å². The van der Waals surface area contributed by atoms with Gasteiger partial charge in [-0.3, -0.25) is 4.90 Å². The van der Waals surface area contributed by atoms with E-state index < -0.39 is 5.82 Å². The molecular formula is C19H18BrF2N3O. The summed E-state index contributed by atoms with van der Waals surface area (Å²) in [7, 11) is 0. The Kier molecular flexibility index (Phi) is 5.87. The van der Waals surface area contributed by atoms with Gasteiger partial charge in [0, 0.05) is 31.9 Å². The number of nitrogens with zero attached hydrogens (tertiary/aromatic N) is 3. The Labute approximate surface area is 159 Å². The van der Waals surface area contributed by atoms with Gasteiger partial charge in [0.15, 0.2) is 0 Å². The molecule has 26 heavy (non-hydrogen) atoms. The molecule has 1 aliphatic rings. The van der Waals surface area contributed by atoms with E-state index in [-0.39, 0.29) is 24.0 Å². The summed E-state index contributed by atoms with van der Waals surface area (Å²) in [4.78, 5) is 4.14. The Morgan fingerprint density at radius 2 is 1.81 bits per heavy atom. The van der Waals surface area contributed by atoms with Crippen LogP contribution < -0.4 is 4.90 Å². The van der Waals surface area contributed by atoms with Crippen LogP contribution in [0.2, 0.25) is 0 Å². The van der Waals surface area contributed by atoms with Gasteiger partial charge < -0.3 is 10.0 Å². The van der Waals surface area contributed by atoms with Crippen molar-refractivity contribution in [3.05, 3.63) is 63.6 Å². The van der Waals surface area contributed by atoms with E-state index in [0.717, 1.165) is 11.3 Å². The van der Waals surface area contributed by atoms with E-state index in [1.54, 1.807) is 18.2 Å². The highest BCUT2D eigenvalue weighted by Crippen LogP contribution is 2.27. The molecule has 2 aromatic rings. The summed E-state index contributed by atoms with van der Waals surface area (Å²) < 4.78 is 28.0. The van der Waals surface area contributed by atoms with Gasteiger partial charge in [0.05, 0.1) is 22.7 Å². The third-order valence-corrected chi connectivity index (χ3v) is 5.34. The van der Waals surface area contributed by atoms with Gasteiger partial charge in [0.25, 0.3) is 0 Å². The maximum atomic E-state index is 13.8. The molecule has 0 radical (unpaired) electrons. The molecule has 1 N–H and O–H groups in total. The number of anilines is 1. The second-order valence-electron chi connectivity index (χ2n) is 6.17. The van der Waals surface area contributed by atoms with Crippen LogP contribution in [0.5, 0.6) is 0 Å². The van der Waals surface area contributed by atoms with Gasteiger partial charge in [0.1, 0.15) is 17.7 Å². The maximum Gasteiger partial charge on any atom is 0.143 e. The van der Waals surface area contributed by atoms with Crippen LogP contribution in [-0.4, -0.2) is 42.8 Å². The number of hydrogen-bond donors (Lipinski definition) is 1. The zero-order chi connectivity index (χ0) is 18.7. The molecule has 1 aliphatic heterocycles. The molecule has 136 valence electrons. The lowest BCUT2D eigenvalue weighted by atomic mass is 10.0. The van der Waals surface area contributed by atoms with Crippen LogP contribution in [-0.2, 0) is 0 Å². The summed E-state index contributed by atoms with van der Waals surface area (Å²) in [5, 5.41) is 18.6. The molecule has 1 unspecified atom stereocenters. The SMILES string of the molecule is N#Cc1ccc(N2CCN(C(CO)c3ccc(Br)c(F)c3)CC2)cc1F. The van der Waals surface area contributed by atoms with E-state index in [0.29, 0.717) is 30.7 Å². The number of aliphatic hydroxyl groups is 1. The summed E-state index contributed by atoms with van der Waals surface area (Å²) in [6, 6.07) is 11.0. The molecule has 0 bridgehead atoms. The van der Waals surface area contributed by atoms with E-state index in [1.165, 1.54) is 18.2 Å². The monoisotopic (exact) mass is 421 g/mol. The minimum absolute atomic E-state index is 0.0324. The van der Waals surface area contributed by atoms with Gasteiger partial charge in [-0.25, -0.2) is 8.78 Å². The Bertz CT molecular complexity index is 832.